The molecule has 1 unspecified atom stereocenters. The van der Waals surface area contributed by atoms with E-state index in [-0.39, 0.29) is 21.7 Å². The Labute approximate surface area is 485 Å². The largest absolute Gasteiger partial charge is 0.454 e. The highest BCUT2D eigenvalue weighted by Crippen LogP contribution is 2.62. The molecule has 0 bridgehead atoms. The average Bonchev–Trinajstić information content (AvgIpc) is 4.21. The third kappa shape index (κ3) is 9.76. The zero-order valence-electron chi connectivity index (χ0n) is 49.2. The fourth-order valence-electron chi connectivity index (χ4n) is 12.2. The topological polar surface area (TPSA) is 19.6 Å². The third-order valence-electron chi connectivity index (χ3n) is 16.6. The van der Waals surface area contributed by atoms with E-state index in [9.17, 15) is 0 Å². The molecule has 1 atom stereocenters. The monoisotopic (exact) mass is 1070 g/mol. The first-order chi connectivity index (χ1) is 38.7. The van der Waals surface area contributed by atoms with E-state index in [0.29, 0.717) is 0 Å². The molecule has 0 aliphatic heterocycles. The van der Waals surface area contributed by atoms with Gasteiger partial charge in [0, 0.05) is 49.0 Å². The summed E-state index contributed by atoms with van der Waals surface area (Å²) in [5, 5.41) is 2.20. The first kappa shape index (κ1) is 53.6. The minimum atomic E-state index is -0.827. The first-order valence-electron chi connectivity index (χ1n) is 28.7. The molecule has 0 spiro atoms. The smallest absolute Gasteiger partial charge is 0.160 e. The van der Waals surface area contributed by atoms with Crippen LogP contribution in [0.15, 0.2) is 245 Å². The molecule has 11 aromatic rings. The lowest BCUT2D eigenvalue weighted by Crippen LogP contribution is -2.29. The summed E-state index contributed by atoms with van der Waals surface area (Å²) in [4.78, 5) is 7.26. The molecule has 0 saturated heterocycles. The number of nitrogens with zero attached hydrogens (tertiary/aromatic N) is 2. The number of anilines is 6. The molecular formula is C77H74N2OS. The van der Waals surface area contributed by atoms with Crippen LogP contribution in [0.25, 0.3) is 33.1 Å². The zero-order valence-corrected chi connectivity index (χ0v) is 50.0. The van der Waals surface area contributed by atoms with E-state index >= 15 is 0 Å². The predicted octanol–water partition coefficient (Wildman–Crippen LogP) is 22.2. The van der Waals surface area contributed by atoms with E-state index in [1.165, 1.54) is 65.4 Å². The van der Waals surface area contributed by atoms with Gasteiger partial charge in [-0.05, 0) is 174 Å². The van der Waals surface area contributed by atoms with Crippen LogP contribution in [0.1, 0.15) is 128 Å². The summed E-state index contributed by atoms with van der Waals surface area (Å²) in [5.41, 5.74) is 19.6. The quantitative estimate of drug-likeness (QED) is 0.136. The summed E-state index contributed by atoms with van der Waals surface area (Å²) >= 11 is 1.82. The highest BCUT2D eigenvalue weighted by molar-refractivity contribution is 7.99. The SMILES string of the molecule is CC(C)(C)c1ccc(Sc2ccc(C3(c4ccc(C(C)(C)C)cc4)c4cc(N(c5ccccc5)c5ccc(C(C)(C)C)cc5)ccc4-c4c3cc(N(c3ccccc3)c3ccc(C(C)(C)C)cc3)c3oc5ccccc5c43)cc2)cc1. The van der Waals surface area contributed by atoms with Crippen molar-refractivity contribution in [2.75, 3.05) is 9.80 Å². The number of hydrogen-bond donors (Lipinski definition) is 0. The summed E-state index contributed by atoms with van der Waals surface area (Å²) in [6.45, 7) is 27.4. The lowest BCUT2D eigenvalue weighted by molar-refractivity contribution is 0.589. The number of para-hydroxylation sites is 3. The Morgan fingerprint density at radius 2 is 0.753 bits per heavy atom. The molecule has 0 fully saturated rings. The number of furan rings is 1. The van der Waals surface area contributed by atoms with Crippen molar-refractivity contribution in [1.82, 2.24) is 0 Å². The van der Waals surface area contributed by atoms with Crippen molar-refractivity contribution < 1.29 is 4.42 Å². The van der Waals surface area contributed by atoms with Crippen LogP contribution in [0.4, 0.5) is 34.1 Å². The molecule has 4 heteroatoms. The number of benzene rings is 10. The van der Waals surface area contributed by atoms with Crippen LogP contribution in [0.5, 0.6) is 0 Å². The van der Waals surface area contributed by atoms with E-state index < -0.39 is 5.41 Å². The molecule has 3 nitrogen and oxygen atoms in total. The van der Waals surface area contributed by atoms with Gasteiger partial charge in [-0.3, -0.25) is 0 Å². The molecule has 404 valence electrons. The van der Waals surface area contributed by atoms with Gasteiger partial charge >= 0.3 is 0 Å². The second-order valence-electron chi connectivity index (χ2n) is 26.3. The Hall–Kier alpha value is -8.05. The van der Waals surface area contributed by atoms with Crippen LogP contribution in [0.2, 0.25) is 0 Å². The van der Waals surface area contributed by atoms with Gasteiger partial charge in [0.05, 0.1) is 11.1 Å². The number of fused-ring (bicyclic) bond motifs is 7. The zero-order chi connectivity index (χ0) is 56.6. The van der Waals surface area contributed by atoms with Crippen molar-refractivity contribution in [2.45, 2.75) is 120 Å². The van der Waals surface area contributed by atoms with Gasteiger partial charge in [0.25, 0.3) is 0 Å². The second-order valence-corrected chi connectivity index (χ2v) is 27.4. The van der Waals surface area contributed by atoms with Crippen molar-refractivity contribution in [1.29, 1.82) is 0 Å². The van der Waals surface area contributed by atoms with Gasteiger partial charge in [0.15, 0.2) is 5.58 Å². The highest BCUT2D eigenvalue weighted by Gasteiger charge is 2.49. The fraction of sp³-hybridized carbons (Fsp3) is 0.221. The fourth-order valence-corrected chi connectivity index (χ4v) is 13.0. The maximum atomic E-state index is 7.32. The Bertz CT molecular complexity index is 4060. The van der Waals surface area contributed by atoms with E-state index in [1.807, 2.05) is 11.8 Å². The highest BCUT2D eigenvalue weighted by atomic mass is 32.2. The normalized spacial score (nSPS) is 14.5. The van der Waals surface area contributed by atoms with E-state index in [1.54, 1.807) is 0 Å². The molecule has 0 saturated carbocycles. The summed E-state index contributed by atoms with van der Waals surface area (Å²) < 4.78 is 7.32. The average molecular weight is 1080 g/mol. The summed E-state index contributed by atoms with van der Waals surface area (Å²) in [7, 11) is 0. The standard InChI is InChI=1S/C77H74N2OS/c1-73(2,3)51-27-29-55(30-28-51)77(56-37-46-63(47-38-56)81-62-44-35-54(36-45-62)76(10,11)12)66-49-61(78(57-21-15-13-16-22-57)59-39-31-52(32-40-59)74(4,5)6)43-48-64(66)70-67(77)50-68(72-71(70)65-25-19-20-26-69(65)80-72)79(58-23-17-14-18-24-58)60-41-33-53(34-42-60)75(7,8)9/h13-50H,1-12H3. The van der Waals surface area contributed by atoms with Gasteiger partial charge in [-0.1, -0.05) is 228 Å². The minimum absolute atomic E-state index is 0.00987. The second kappa shape index (κ2) is 20.2. The molecule has 81 heavy (non-hydrogen) atoms. The van der Waals surface area contributed by atoms with Crippen molar-refractivity contribution >= 4 is 67.8 Å². The van der Waals surface area contributed by atoms with Crippen LogP contribution in [0.3, 0.4) is 0 Å². The Morgan fingerprint density at radius 3 is 1.26 bits per heavy atom. The van der Waals surface area contributed by atoms with E-state index in [0.717, 1.165) is 56.1 Å². The van der Waals surface area contributed by atoms with Crippen LogP contribution in [-0.2, 0) is 27.1 Å². The number of hydrogen-bond acceptors (Lipinski definition) is 4. The van der Waals surface area contributed by atoms with Crippen LogP contribution >= 0.6 is 11.8 Å². The third-order valence-corrected chi connectivity index (χ3v) is 17.7. The first-order valence-corrected chi connectivity index (χ1v) is 29.5. The Morgan fingerprint density at radius 1 is 0.358 bits per heavy atom. The maximum Gasteiger partial charge on any atom is 0.160 e. The van der Waals surface area contributed by atoms with Gasteiger partial charge in [0.1, 0.15) is 5.58 Å². The van der Waals surface area contributed by atoms with Crippen LogP contribution in [-0.4, -0.2) is 0 Å². The molecule has 12 rings (SSSR count). The summed E-state index contributed by atoms with van der Waals surface area (Å²) in [5.74, 6) is 0. The van der Waals surface area contributed by atoms with Gasteiger partial charge in [-0.25, -0.2) is 0 Å². The Balaban J connectivity index is 1.19. The minimum Gasteiger partial charge on any atom is -0.454 e. The van der Waals surface area contributed by atoms with Gasteiger partial charge < -0.3 is 14.2 Å². The summed E-state index contributed by atoms with van der Waals surface area (Å²) in [6.07, 6.45) is 0. The van der Waals surface area contributed by atoms with Gasteiger partial charge in [0.2, 0.25) is 0 Å². The van der Waals surface area contributed by atoms with Crippen molar-refractivity contribution in [3.63, 3.8) is 0 Å². The van der Waals surface area contributed by atoms with Crippen LogP contribution < -0.4 is 9.80 Å². The molecule has 10 aromatic carbocycles. The van der Waals surface area contributed by atoms with Crippen molar-refractivity contribution in [3.05, 3.63) is 275 Å². The Kier molecular flexibility index (Phi) is 13.4. The van der Waals surface area contributed by atoms with Gasteiger partial charge in [-0.15, -0.1) is 0 Å². The predicted molar refractivity (Wildman–Crippen MR) is 346 cm³/mol. The number of rotatable bonds is 10. The molecule has 0 radical (unpaired) electrons. The lowest BCUT2D eigenvalue weighted by Gasteiger charge is -2.36. The summed E-state index contributed by atoms with van der Waals surface area (Å²) in [6, 6.07) is 86.6. The molecule has 1 heterocycles. The molecule has 1 aliphatic carbocycles. The molecule has 0 amide bonds. The maximum absolute atomic E-state index is 7.32. The van der Waals surface area contributed by atoms with Crippen molar-refractivity contribution in [3.8, 4) is 11.1 Å². The lowest BCUT2D eigenvalue weighted by atomic mass is 9.67. The van der Waals surface area contributed by atoms with E-state index in [4.69, 9.17) is 4.42 Å². The van der Waals surface area contributed by atoms with Crippen LogP contribution in [0, 0.1) is 0 Å². The molecule has 0 N–H and O–H groups in total. The molecular weight excluding hydrogens is 1000 g/mol. The molecule has 1 aliphatic rings. The van der Waals surface area contributed by atoms with Crippen molar-refractivity contribution in [2.24, 2.45) is 0 Å². The molecule has 1 aromatic heterocycles. The van der Waals surface area contributed by atoms with Gasteiger partial charge in [-0.2, -0.15) is 0 Å². The van der Waals surface area contributed by atoms with E-state index in [2.05, 4.69) is 323 Å².